The monoisotopic (exact) mass is 400 g/mol. The van der Waals surface area contributed by atoms with Crippen molar-refractivity contribution in [2.75, 3.05) is 0 Å². The van der Waals surface area contributed by atoms with Crippen molar-refractivity contribution in [2.24, 2.45) is 0 Å². The number of hydrogen-bond donors (Lipinski definition) is 0. The van der Waals surface area contributed by atoms with Crippen LogP contribution in [0, 0.1) is 0 Å². The van der Waals surface area contributed by atoms with Gasteiger partial charge < -0.3 is 0 Å². The number of nitrogens with zero attached hydrogens (tertiary/aromatic N) is 2. The van der Waals surface area contributed by atoms with Crippen molar-refractivity contribution in [1.82, 2.24) is 9.38 Å². The van der Waals surface area contributed by atoms with Crippen LogP contribution in [0.4, 0.5) is 0 Å². The first-order valence-corrected chi connectivity index (χ1v) is 9.79. The number of fused-ring (bicyclic) bond motifs is 3. The molecule has 4 rings (SSSR count). The molecular weight excluding hydrogens is 384 g/mol. The van der Waals surface area contributed by atoms with Crippen LogP contribution in [0.5, 0.6) is 0 Å². The first kappa shape index (κ1) is 15.8. The zero-order valence-corrected chi connectivity index (χ0v) is 15.6. The van der Waals surface area contributed by atoms with Gasteiger partial charge in [-0.2, -0.15) is 0 Å². The van der Waals surface area contributed by atoms with Crippen LogP contribution in [-0.4, -0.2) is 15.2 Å². The summed E-state index contributed by atoms with van der Waals surface area (Å²) in [5.41, 5.74) is 2.97. The van der Waals surface area contributed by atoms with Gasteiger partial charge in [0.25, 0.3) is 0 Å². The van der Waals surface area contributed by atoms with Crippen molar-refractivity contribution in [3.63, 3.8) is 0 Å². The molecule has 2 heterocycles. The zero-order valence-electron chi connectivity index (χ0n) is 13.2. The van der Waals surface area contributed by atoms with E-state index in [1.807, 2.05) is 30.3 Å². The molecule has 1 aliphatic carbocycles. The third-order valence-electron chi connectivity index (χ3n) is 4.38. The van der Waals surface area contributed by atoms with Crippen LogP contribution in [0.3, 0.4) is 0 Å². The lowest BCUT2D eigenvalue weighted by Crippen LogP contribution is -2.03. The Morgan fingerprint density at radius 3 is 3.00 bits per heavy atom. The van der Waals surface area contributed by atoms with Crippen LogP contribution in [0.15, 0.2) is 41.0 Å². The van der Waals surface area contributed by atoms with E-state index in [0.29, 0.717) is 5.69 Å². The number of hydrogen-bond acceptors (Lipinski definition) is 3. The molecule has 0 aliphatic heterocycles. The second-order valence-corrected chi connectivity index (χ2v) is 8.02. The van der Waals surface area contributed by atoms with Gasteiger partial charge in [-0.1, -0.05) is 40.6 Å². The van der Waals surface area contributed by atoms with E-state index in [2.05, 4.69) is 25.3 Å². The third-order valence-corrected chi connectivity index (χ3v) is 6.03. The van der Waals surface area contributed by atoms with E-state index in [1.54, 1.807) is 23.6 Å². The maximum absolute atomic E-state index is 12.7. The van der Waals surface area contributed by atoms with Gasteiger partial charge in [0.2, 0.25) is 5.78 Å². The summed E-state index contributed by atoms with van der Waals surface area (Å²) in [5, 5.41) is 0. The van der Waals surface area contributed by atoms with Crippen LogP contribution in [0.1, 0.15) is 45.9 Å². The molecule has 3 aromatic rings. The van der Waals surface area contributed by atoms with E-state index in [0.717, 1.165) is 27.8 Å². The molecule has 0 fully saturated rings. The van der Waals surface area contributed by atoms with Crippen LogP contribution in [-0.2, 0) is 12.8 Å². The minimum absolute atomic E-state index is 0.00678. The molecule has 5 heteroatoms. The molecule has 0 saturated heterocycles. The molecule has 24 heavy (non-hydrogen) atoms. The molecule has 0 amide bonds. The predicted octanol–water partition coefficient (Wildman–Crippen LogP) is 5.32. The van der Waals surface area contributed by atoms with Gasteiger partial charge in [-0.15, -0.1) is 11.3 Å². The lowest BCUT2D eigenvalue weighted by molar-refractivity contribution is 0.104. The maximum atomic E-state index is 12.7. The highest BCUT2D eigenvalue weighted by molar-refractivity contribution is 9.10. The van der Waals surface area contributed by atoms with Crippen LogP contribution < -0.4 is 0 Å². The Balaban J connectivity index is 1.68. The fraction of sp³-hybridized carbons (Fsp3) is 0.263. The molecule has 0 radical (unpaired) electrons. The third kappa shape index (κ3) is 2.98. The first-order valence-electron chi connectivity index (χ1n) is 8.18. The maximum Gasteiger partial charge on any atom is 0.204 e. The summed E-state index contributed by atoms with van der Waals surface area (Å²) < 4.78 is 3.09. The highest BCUT2D eigenvalue weighted by Crippen LogP contribution is 2.30. The van der Waals surface area contributed by atoms with Crippen molar-refractivity contribution in [1.29, 1.82) is 0 Å². The summed E-state index contributed by atoms with van der Waals surface area (Å²) >= 11 is 5.19. The van der Waals surface area contributed by atoms with E-state index in [1.165, 1.54) is 29.8 Å². The molecule has 0 saturated carbocycles. The van der Waals surface area contributed by atoms with Gasteiger partial charge in [-0.25, -0.2) is 4.98 Å². The van der Waals surface area contributed by atoms with E-state index in [9.17, 15) is 4.79 Å². The number of aromatic nitrogens is 2. The Hall–Kier alpha value is -1.72. The number of carbonyl (C=O) groups is 1. The molecule has 0 spiro atoms. The molecule has 3 nitrogen and oxygen atoms in total. The lowest BCUT2D eigenvalue weighted by Gasteiger charge is -2.02. The minimum atomic E-state index is 0.00678. The summed E-state index contributed by atoms with van der Waals surface area (Å²) in [4.78, 5) is 19.5. The van der Waals surface area contributed by atoms with E-state index in [4.69, 9.17) is 0 Å². The highest BCUT2D eigenvalue weighted by atomic mass is 79.9. The Morgan fingerprint density at radius 1 is 1.25 bits per heavy atom. The Bertz CT molecular complexity index is 938. The summed E-state index contributed by atoms with van der Waals surface area (Å²) in [5.74, 6) is 0.00678. The number of thiazole rings is 1. The number of ketones is 1. The molecular formula is C19H17BrN2OS. The second kappa shape index (κ2) is 6.65. The van der Waals surface area contributed by atoms with Crippen LogP contribution in [0.2, 0.25) is 0 Å². The van der Waals surface area contributed by atoms with Gasteiger partial charge in [-0.3, -0.25) is 9.20 Å². The van der Waals surface area contributed by atoms with Crippen molar-refractivity contribution in [3.8, 4) is 0 Å². The fourth-order valence-corrected chi connectivity index (χ4v) is 4.80. The number of imidazole rings is 1. The first-order chi connectivity index (χ1) is 11.7. The number of benzene rings is 1. The summed E-state index contributed by atoms with van der Waals surface area (Å²) in [6.07, 6.45) is 11.1. The van der Waals surface area contributed by atoms with Gasteiger partial charge in [0.15, 0.2) is 4.96 Å². The molecule has 0 N–H and O–H groups in total. The second-order valence-electron chi connectivity index (χ2n) is 6.05. The predicted molar refractivity (Wildman–Crippen MR) is 102 cm³/mol. The van der Waals surface area contributed by atoms with Crippen molar-refractivity contribution < 1.29 is 4.79 Å². The number of halogens is 1. The number of allylic oxidation sites excluding steroid dienone is 1. The number of rotatable bonds is 3. The molecule has 0 bridgehead atoms. The van der Waals surface area contributed by atoms with Crippen molar-refractivity contribution >= 4 is 44.1 Å². The molecule has 2 aromatic heterocycles. The SMILES string of the molecule is O=C(/C=C/c1cccc(Br)c1)c1cnc2sc3c(n12)CCCCC3. The van der Waals surface area contributed by atoms with Gasteiger partial charge >= 0.3 is 0 Å². The van der Waals surface area contributed by atoms with Gasteiger partial charge in [-0.05, 0) is 49.5 Å². The lowest BCUT2D eigenvalue weighted by atomic mass is 10.1. The van der Waals surface area contributed by atoms with E-state index >= 15 is 0 Å². The fourth-order valence-electron chi connectivity index (χ4n) is 3.20. The molecule has 122 valence electrons. The van der Waals surface area contributed by atoms with Crippen LogP contribution in [0.25, 0.3) is 11.0 Å². The largest absolute Gasteiger partial charge is 0.288 e. The Labute approximate surface area is 153 Å². The van der Waals surface area contributed by atoms with Gasteiger partial charge in [0.05, 0.1) is 6.20 Å². The topological polar surface area (TPSA) is 34.4 Å². The molecule has 1 aliphatic rings. The standard InChI is InChI=1S/C19H17BrN2OS/c20-14-6-4-5-13(11-14)9-10-17(23)16-12-21-19-22(16)15-7-2-1-3-8-18(15)24-19/h4-6,9-12H,1-3,7-8H2/b10-9+. The quantitative estimate of drug-likeness (QED) is 0.338. The summed E-state index contributed by atoms with van der Waals surface area (Å²) in [6, 6.07) is 7.91. The molecule has 0 unspecified atom stereocenters. The van der Waals surface area contributed by atoms with Gasteiger partial charge in [0, 0.05) is 15.0 Å². The Kier molecular flexibility index (Phi) is 4.37. The zero-order chi connectivity index (χ0) is 16.5. The normalized spacial score (nSPS) is 14.9. The van der Waals surface area contributed by atoms with Crippen molar-refractivity contribution in [2.45, 2.75) is 32.1 Å². The van der Waals surface area contributed by atoms with E-state index < -0.39 is 0 Å². The number of aryl methyl sites for hydroxylation is 2. The van der Waals surface area contributed by atoms with E-state index in [-0.39, 0.29) is 5.78 Å². The molecule has 0 atom stereocenters. The van der Waals surface area contributed by atoms with Gasteiger partial charge in [0.1, 0.15) is 5.69 Å². The summed E-state index contributed by atoms with van der Waals surface area (Å²) in [7, 11) is 0. The smallest absolute Gasteiger partial charge is 0.204 e. The van der Waals surface area contributed by atoms with Crippen molar-refractivity contribution in [3.05, 3.63) is 62.8 Å². The minimum Gasteiger partial charge on any atom is -0.288 e. The molecule has 1 aromatic carbocycles. The summed E-state index contributed by atoms with van der Waals surface area (Å²) in [6.45, 7) is 0. The Morgan fingerprint density at radius 2 is 2.12 bits per heavy atom. The number of carbonyl (C=O) groups excluding carboxylic acids is 1. The highest BCUT2D eigenvalue weighted by Gasteiger charge is 2.20. The van der Waals surface area contributed by atoms with Crippen LogP contribution >= 0.6 is 27.3 Å². The average molecular weight is 401 g/mol. The average Bonchev–Trinajstić information content (AvgIpc) is 3.04.